The average molecular weight is 499 g/mol. The SMILES string of the molecule is COc1ccc2[nH]cc(CCN3C(=O)C(=O)C(=C(O)c4ccccc4)[C@@H]3c3ccc(O)c(OC)c3)c2c1. The Hall–Kier alpha value is -4.72. The maximum atomic E-state index is 13.3. The van der Waals surface area contributed by atoms with Crippen LogP contribution in [0.1, 0.15) is 22.7 Å². The number of benzene rings is 3. The van der Waals surface area contributed by atoms with Gasteiger partial charge in [0.05, 0.1) is 25.8 Å². The van der Waals surface area contributed by atoms with E-state index < -0.39 is 17.7 Å². The number of hydrogen-bond acceptors (Lipinski definition) is 6. The Morgan fingerprint density at radius 3 is 2.51 bits per heavy atom. The van der Waals surface area contributed by atoms with Crippen molar-refractivity contribution in [1.82, 2.24) is 9.88 Å². The van der Waals surface area contributed by atoms with Gasteiger partial charge in [-0.05, 0) is 47.9 Å². The van der Waals surface area contributed by atoms with Crippen molar-refractivity contribution < 1.29 is 29.3 Å². The third kappa shape index (κ3) is 4.27. The Morgan fingerprint density at radius 2 is 1.78 bits per heavy atom. The summed E-state index contributed by atoms with van der Waals surface area (Å²) in [5.74, 6) is -0.875. The van der Waals surface area contributed by atoms with Crippen molar-refractivity contribution in [2.45, 2.75) is 12.5 Å². The summed E-state index contributed by atoms with van der Waals surface area (Å²) in [4.78, 5) is 31.3. The Kier molecular flexibility index (Phi) is 6.31. The number of likely N-dealkylation sites (tertiary alicyclic amines) is 1. The normalized spacial score (nSPS) is 16.9. The lowest BCUT2D eigenvalue weighted by Gasteiger charge is -2.25. The van der Waals surface area contributed by atoms with Crippen molar-refractivity contribution in [3.05, 3.63) is 95.2 Å². The van der Waals surface area contributed by atoms with E-state index in [0.29, 0.717) is 23.3 Å². The lowest BCUT2D eigenvalue weighted by atomic mass is 9.95. The number of phenolic OH excluding ortho intramolecular Hbond substituents is 1. The zero-order chi connectivity index (χ0) is 26.1. The fourth-order valence-corrected chi connectivity index (χ4v) is 4.81. The first-order chi connectivity index (χ1) is 17.9. The molecule has 0 bridgehead atoms. The van der Waals surface area contributed by atoms with E-state index in [2.05, 4.69) is 4.98 Å². The molecule has 37 heavy (non-hydrogen) atoms. The van der Waals surface area contributed by atoms with Crippen molar-refractivity contribution in [3.8, 4) is 17.2 Å². The highest BCUT2D eigenvalue weighted by Crippen LogP contribution is 2.42. The lowest BCUT2D eigenvalue weighted by molar-refractivity contribution is -0.139. The molecule has 188 valence electrons. The molecule has 1 atom stereocenters. The molecule has 3 N–H and O–H groups in total. The number of ketones is 1. The number of ether oxygens (including phenoxy) is 2. The Labute approximate surface area is 213 Å². The lowest BCUT2D eigenvalue weighted by Crippen LogP contribution is -2.31. The van der Waals surface area contributed by atoms with E-state index in [1.165, 1.54) is 18.1 Å². The van der Waals surface area contributed by atoms with Crippen LogP contribution < -0.4 is 9.47 Å². The number of aliphatic hydroxyl groups excluding tert-OH is 1. The largest absolute Gasteiger partial charge is 0.507 e. The number of H-pyrrole nitrogens is 1. The molecule has 1 aromatic heterocycles. The van der Waals surface area contributed by atoms with Gasteiger partial charge in [0.25, 0.3) is 11.7 Å². The second-order valence-electron chi connectivity index (χ2n) is 8.77. The monoisotopic (exact) mass is 498 g/mol. The van der Waals surface area contributed by atoms with Gasteiger partial charge in [-0.2, -0.15) is 0 Å². The van der Waals surface area contributed by atoms with E-state index in [-0.39, 0.29) is 29.4 Å². The van der Waals surface area contributed by atoms with Gasteiger partial charge in [-0.25, -0.2) is 0 Å². The number of phenols is 1. The molecule has 1 aliphatic rings. The Bertz CT molecular complexity index is 1520. The molecule has 8 heteroatoms. The topological polar surface area (TPSA) is 112 Å². The number of hydrogen-bond donors (Lipinski definition) is 3. The van der Waals surface area contributed by atoms with Crippen LogP contribution in [-0.2, 0) is 16.0 Å². The standard InChI is InChI=1S/C29H26N2O6/c1-36-20-9-10-22-21(15-20)19(16-30-22)12-13-31-26(18-8-11-23(32)24(14-18)37-2)25(28(34)29(31)35)27(33)17-6-4-3-5-7-17/h3-11,14-16,26,30,32-33H,12-13H2,1-2H3/t26-/m0/s1. The Morgan fingerprint density at radius 1 is 1.00 bits per heavy atom. The summed E-state index contributed by atoms with van der Waals surface area (Å²) >= 11 is 0. The highest BCUT2D eigenvalue weighted by molar-refractivity contribution is 6.46. The minimum atomic E-state index is -0.866. The van der Waals surface area contributed by atoms with Crippen molar-refractivity contribution in [2.24, 2.45) is 0 Å². The number of nitrogens with zero attached hydrogens (tertiary/aromatic N) is 1. The van der Waals surface area contributed by atoms with E-state index in [0.717, 1.165) is 16.5 Å². The zero-order valence-electron chi connectivity index (χ0n) is 20.4. The van der Waals surface area contributed by atoms with Crippen LogP contribution in [0.4, 0.5) is 0 Å². The predicted octanol–water partition coefficient (Wildman–Crippen LogP) is 4.56. The Balaban J connectivity index is 1.58. The molecule has 0 aliphatic carbocycles. The molecule has 1 aliphatic heterocycles. The third-order valence-corrected chi connectivity index (χ3v) is 6.70. The van der Waals surface area contributed by atoms with Gasteiger partial charge in [-0.3, -0.25) is 9.59 Å². The minimum absolute atomic E-state index is 0.00969. The number of aromatic amines is 1. The fraction of sp³-hybridized carbons (Fsp3) is 0.172. The van der Waals surface area contributed by atoms with Gasteiger partial charge in [0.15, 0.2) is 11.5 Å². The minimum Gasteiger partial charge on any atom is -0.507 e. The molecule has 1 fully saturated rings. The van der Waals surface area contributed by atoms with E-state index >= 15 is 0 Å². The summed E-state index contributed by atoms with van der Waals surface area (Å²) in [6.07, 6.45) is 2.33. The van der Waals surface area contributed by atoms with Gasteiger partial charge < -0.3 is 29.6 Å². The molecule has 2 heterocycles. The quantitative estimate of drug-likeness (QED) is 0.196. The smallest absolute Gasteiger partial charge is 0.295 e. The number of fused-ring (bicyclic) bond motifs is 1. The van der Waals surface area contributed by atoms with Gasteiger partial charge >= 0.3 is 0 Å². The summed E-state index contributed by atoms with van der Waals surface area (Å²) in [5.41, 5.74) is 2.85. The molecule has 0 radical (unpaired) electrons. The number of nitrogens with one attached hydrogen (secondary N) is 1. The van der Waals surface area contributed by atoms with Gasteiger partial charge in [0.1, 0.15) is 11.5 Å². The van der Waals surface area contributed by atoms with Crippen LogP contribution in [0.3, 0.4) is 0 Å². The zero-order valence-corrected chi connectivity index (χ0v) is 20.4. The number of carbonyl (C=O) groups is 2. The summed E-state index contributed by atoms with van der Waals surface area (Å²) in [5, 5.41) is 22.3. The van der Waals surface area contributed by atoms with E-state index in [1.54, 1.807) is 49.6 Å². The third-order valence-electron chi connectivity index (χ3n) is 6.70. The molecule has 5 rings (SSSR count). The molecule has 0 unspecified atom stereocenters. The number of carbonyl (C=O) groups excluding carboxylic acids is 2. The number of Topliss-reactive ketones (excluding diaryl/α,β-unsaturated/α-hetero) is 1. The van der Waals surface area contributed by atoms with Crippen molar-refractivity contribution in [2.75, 3.05) is 20.8 Å². The maximum Gasteiger partial charge on any atom is 0.295 e. The molecule has 0 spiro atoms. The maximum absolute atomic E-state index is 13.3. The van der Waals surface area contributed by atoms with E-state index in [1.807, 2.05) is 24.4 Å². The first-order valence-corrected chi connectivity index (χ1v) is 11.8. The highest BCUT2D eigenvalue weighted by Gasteiger charge is 2.46. The number of amides is 1. The molecule has 1 amide bonds. The number of aliphatic hydroxyl groups is 1. The molecule has 0 saturated carbocycles. The van der Waals surface area contributed by atoms with Crippen LogP contribution >= 0.6 is 0 Å². The number of rotatable bonds is 7. The summed E-state index contributed by atoms with van der Waals surface area (Å²) in [6, 6.07) is 18.1. The molecule has 8 nitrogen and oxygen atoms in total. The van der Waals surface area contributed by atoms with Crippen LogP contribution in [0.15, 0.2) is 78.5 Å². The van der Waals surface area contributed by atoms with E-state index in [9.17, 15) is 19.8 Å². The first kappa shape index (κ1) is 24.0. The van der Waals surface area contributed by atoms with Gasteiger partial charge in [0, 0.05) is 29.2 Å². The first-order valence-electron chi connectivity index (χ1n) is 11.8. The van der Waals surface area contributed by atoms with E-state index in [4.69, 9.17) is 9.47 Å². The number of aromatic nitrogens is 1. The molecule has 3 aromatic carbocycles. The predicted molar refractivity (Wildman–Crippen MR) is 139 cm³/mol. The highest BCUT2D eigenvalue weighted by atomic mass is 16.5. The van der Waals surface area contributed by atoms with Crippen LogP contribution in [0, 0.1) is 0 Å². The second kappa shape index (κ2) is 9.73. The van der Waals surface area contributed by atoms with Gasteiger partial charge in [-0.15, -0.1) is 0 Å². The summed E-state index contributed by atoms with van der Waals surface area (Å²) in [7, 11) is 3.02. The van der Waals surface area contributed by atoms with Crippen molar-refractivity contribution in [3.63, 3.8) is 0 Å². The second-order valence-corrected chi connectivity index (χ2v) is 8.77. The van der Waals surface area contributed by atoms with Crippen LogP contribution in [0.5, 0.6) is 17.2 Å². The number of methoxy groups -OCH3 is 2. The molecular weight excluding hydrogens is 472 g/mol. The summed E-state index contributed by atoms with van der Waals surface area (Å²) < 4.78 is 10.6. The molecule has 1 saturated heterocycles. The number of aromatic hydroxyl groups is 1. The van der Waals surface area contributed by atoms with Gasteiger partial charge in [-0.1, -0.05) is 36.4 Å². The van der Waals surface area contributed by atoms with Crippen molar-refractivity contribution in [1.29, 1.82) is 0 Å². The average Bonchev–Trinajstić information content (AvgIpc) is 3.45. The fourth-order valence-electron chi connectivity index (χ4n) is 4.81. The van der Waals surface area contributed by atoms with Crippen molar-refractivity contribution >= 4 is 28.4 Å². The van der Waals surface area contributed by atoms with Crippen LogP contribution in [-0.4, -0.2) is 52.6 Å². The molecule has 4 aromatic rings. The van der Waals surface area contributed by atoms with Crippen LogP contribution in [0.25, 0.3) is 16.7 Å². The molecular formula is C29H26N2O6. The van der Waals surface area contributed by atoms with Gasteiger partial charge in [0.2, 0.25) is 0 Å². The summed E-state index contributed by atoms with van der Waals surface area (Å²) in [6.45, 7) is 0.216. The van der Waals surface area contributed by atoms with Crippen LogP contribution in [0.2, 0.25) is 0 Å².